The van der Waals surface area contributed by atoms with Gasteiger partial charge in [-0.15, -0.1) is 0 Å². The highest BCUT2D eigenvalue weighted by molar-refractivity contribution is 6.19. The number of rotatable bonds is 5. The number of alkyl halides is 3. The molecule has 3 rings (SSSR count). The second-order valence-corrected chi connectivity index (χ2v) is 8.79. The average molecular weight is 498 g/mol. The largest absolute Gasteiger partial charge is 0.416 e. The highest BCUT2D eigenvalue weighted by atomic mass is 19.4. The predicted molar refractivity (Wildman–Crippen MR) is 136 cm³/mol. The molecule has 0 unspecified atom stereocenters. The zero-order chi connectivity index (χ0) is 26.5. The van der Waals surface area contributed by atoms with Crippen molar-refractivity contribution in [1.29, 1.82) is 0 Å². The van der Waals surface area contributed by atoms with Crippen molar-refractivity contribution in [3.05, 3.63) is 77.6 Å². The van der Waals surface area contributed by atoms with E-state index in [-0.39, 0.29) is 17.2 Å². The maximum atomic E-state index is 12.7. The molecule has 188 valence electrons. The molecular weight excluding hydrogens is 471 g/mol. The van der Waals surface area contributed by atoms with Crippen molar-refractivity contribution in [2.45, 2.75) is 32.5 Å². The molecule has 6 N–H and O–H groups in total. The number of nitrogens with zero attached hydrogens (tertiary/aromatic N) is 3. The molecule has 0 spiro atoms. The van der Waals surface area contributed by atoms with E-state index in [1.807, 2.05) is 20.8 Å². The first-order chi connectivity index (χ1) is 16.8. The number of benzene rings is 2. The first-order valence-corrected chi connectivity index (χ1v) is 10.8. The van der Waals surface area contributed by atoms with Crippen LogP contribution in [0.2, 0.25) is 0 Å². The average Bonchev–Trinajstić information content (AvgIpc) is 2.78. The lowest BCUT2D eigenvalue weighted by Gasteiger charge is -2.15. The molecule has 2 aromatic carbocycles. The lowest BCUT2D eigenvalue weighted by molar-refractivity contribution is -0.137. The fourth-order valence-corrected chi connectivity index (χ4v) is 3.02. The maximum Gasteiger partial charge on any atom is 0.416 e. The number of anilines is 3. The molecule has 0 aliphatic rings. The number of amides is 2. The van der Waals surface area contributed by atoms with E-state index in [0.717, 1.165) is 12.1 Å². The van der Waals surface area contributed by atoms with E-state index in [2.05, 4.69) is 25.6 Å². The van der Waals surface area contributed by atoms with Crippen molar-refractivity contribution in [3.63, 3.8) is 0 Å². The Morgan fingerprint density at radius 1 is 1.00 bits per heavy atom. The van der Waals surface area contributed by atoms with E-state index in [9.17, 15) is 18.0 Å². The van der Waals surface area contributed by atoms with Crippen molar-refractivity contribution in [2.24, 2.45) is 10.7 Å². The Morgan fingerprint density at radius 3 is 2.28 bits per heavy atom. The van der Waals surface area contributed by atoms with Crippen LogP contribution in [0.25, 0.3) is 11.3 Å². The molecule has 0 saturated heterocycles. The molecule has 1 heterocycles. The zero-order valence-corrected chi connectivity index (χ0v) is 19.9. The van der Waals surface area contributed by atoms with Crippen LogP contribution >= 0.6 is 0 Å². The Bertz CT molecular complexity index is 1290. The van der Waals surface area contributed by atoms with E-state index in [0.29, 0.717) is 28.2 Å². The van der Waals surface area contributed by atoms with Crippen LogP contribution in [0.15, 0.2) is 65.8 Å². The van der Waals surface area contributed by atoms with Crippen molar-refractivity contribution < 1.29 is 18.0 Å². The lowest BCUT2D eigenvalue weighted by Crippen LogP contribution is -2.19. The van der Waals surface area contributed by atoms with Crippen molar-refractivity contribution >= 4 is 40.8 Å². The number of hydrogen-bond acceptors (Lipinski definition) is 6. The number of urea groups is 1. The molecule has 36 heavy (non-hydrogen) atoms. The second kappa shape index (κ2) is 10.5. The van der Waals surface area contributed by atoms with E-state index in [1.165, 1.54) is 18.3 Å². The van der Waals surface area contributed by atoms with Crippen LogP contribution in [0, 0.1) is 0 Å². The van der Waals surface area contributed by atoms with Gasteiger partial charge in [0.1, 0.15) is 0 Å². The summed E-state index contributed by atoms with van der Waals surface area (Å²) in [5, 5.41) is 5.17. The molecule has 0 aliphatic heterocycles. The van der Waals surface area contributed by atoms with Crippen LogP contribution in [-0.4, -0.2) is 27.8 Å². The van der Waals surface area contributed by atoms with Gasteiger partial charge in [-0.05, 0) is 68.8 Å². The van der Waals surface area contributed by atoms with Crippen molar-refractivity contribution in [3.8, 4) is 0 Å². The van der Waals surface area contributed by atoms with Gasteiger partial charge in [-0.2, -0.15) is 13.2 Å². The minimum atomic E-state index is -4.46. The smallest absolute Gasteiger partial charge is 0.396 e. The van der Waals surface area contributed by atoms with E-state index in [1.54, 1.807) is 36.5 Å². The summed E-state index contributed by atoms with van der Waals surface area (Å²) in [5.41, 5.74) is 13.5. The van der Waals surface area contributed by atoms with Crippen LogP contribution in [-0.2, 0) is 6.18 Å². The van der Waals surface area contributed by atoms with Gasteiger partial charge in [0.05, 0.1) is 22.5 Å². The van der Waals surface area contributed by atoms with Crippen LogP contribution < -0.4 is 22.1 Å². The van der Waals surface area contributed by atoms with Gasteiger partial charge in [0.25, 0.3) is 0 Å². The Balaban J connectivity index is 1.87. The molecule has 2 amide bonds. The SMILES string of the molecule is CC(C)(C)N=CC(=C(N)c1ccnc(N)n1)c1cccc(NC(=O)Nc2ccc(C(F)(F)F)cc2)c1. The standard InChI is InChI=1S/C25H26F3N7O/c1-24(2,3)32-14-19(21(29)20-11-12-31-22(30)35-20)15-5-4-6-18(13-15)34-23(36)33-17-9-7-16(8-10-17)25(26,27)28/h4-14H,29H2,1-3H3,(H2,30,31,35)(H2,33,34,36). The van der Waals surface area contributed by atoms with Crippen molar-refractivity contribution in [1.82, 2.24) is 9.97 Å². The van der Waals surface area contributed by atoms with Gasteiger partial charge in [0.15, 0.2) is 0 Å². The molecule has 11 heteroatoms. The fraction of sp³-hybridized carbons (Fsp3) is 0.200. The molecular formula is C25H26F3N7O. The normalized spacial score (nSPS) is 12.8. The summed E-state index contributed by atoms with van der Waals surface area (Å²) in [4.78, 5) is 25.1. The first kappa shape index (κ1) is 26.2. The summed E-state index contributed by atoms with van der Waals surface area (Å²) in [6.07, 6.45) is -1.33. The molecule has 0 radical (unpaired) electrons. The van der Waals surface area contributed by atoms with Crippen molar-refractivity contribution in [2.75, 3.05) is 16.4 Å². The Kier molecular flexibility index (Phi) is 7.62. The third-order valence-electron chi connectivity index (χ3n) is 4.72. The van der Waals surface area contributed by atoms with Crippen LogP contribution in [0.1, 0.15) is 37.6 Å². The van der Waals surface area contributed by atoms with Gasteiger partial charge < -0.3 is 22.1 Å². The number of nitrogens with one attached hydrogen (secondary N) is 2. The summed E-state index contributed by atoms with van der Waals surface area (Å²) in [5.74, 6) is 0.0675. The number of carbonyl (C=O) groups is 1. The predicted octanol–water partition coefficient (Wildman–Crippen LogP) is 5.42. The number of nitrogen functional groups attached to an aromatic ring is 1. The second-order valence-electron chi connectivity index (χ2n) is 8.79. The quantitative estimate of drug-likeness (QED) is 0.350. The third-order valence-corrected chi connectivity index (χ3v) is 4.72. The summed E-state index contributed by atoms with van der Waals surface area (Å²) < 4.78 is 38.2. The Labute approximate surface area is 206 Å². The van der Waals surface area contributed by atoms with Gasteiger partial charge in [-0.1, -0.05) is 12.1 Å². The molecule has 0 aliphatic carbocycles. The van der Waals surface area contributed by atoms with E-state index in [4.69, 9.17) is 11.5 Å². The molecule has 0 fully saturated rings. The van der Waals surface area contributed by atoms with Gasteiger partial charge in [-0.3, -0.25) is 4.99 Å². The Hall–Kier alpha value is -4.41. The summed E-state index contributed by atoms with van der Waals surface area (Å²) in [6, 6.07) is 12.0. The summed E-state index contributed by atoms with van der Waals surface area (Å²) in [6.45, 7) is 5.80. The molecule has 0 saturated carbocycles. The summed E-state index contributed by atoms with van der Waals surface area (Å²) >= 11 is 0. The number of nitrogens with two attached hydrogens (primary N) is 2. The van der Waals surface area contributed by atoms with Crippen LogP contribution in [0.4, 0.5) is 35.3 Å². The molecule has 0 bridgehead atoms. The number of aliphatic imine (C=N–C) groups is 1. The van der Waals surface area contributed by atoms with Gasteiger partial charge in [-0.25, -0.2) is 14.8 Å². The highest BCUT2D eigenvalue weighted by Gasteiger charge is 2.30. The number of allylic oxidation sites excluding steroid dienone is 1. The van der Waals surface area contributed by atoms with Crippen LogP contribution in [0.3, 0.4) is 0 Å². The highest BCUT2D eigenvalue weighted by Crippen LogP contribution is 2.30. The third kappa shape index (κ3) is 7.29. The van der Waals surface area contributed by atoms with E-state index < -0.39 is 17.8 Å². The monoisotopic (exact) mass is 497 g/mol. The molecule has 1 aromatic heterocycles. The van der Waals surface area contributed by atoms with Gasteiger partial charge in [0.2, 0.25) is 5.95 Å². The lowest BCUT2D eigenvalue weighted by atomic mass is 10.0. The first-order valence-electron chi connectivity index (χ1n) is 10.8. The van der Waals surface area contributed by atoms with E-state index >= 15 is 0 Å². The fourth-order valence-electron chi connectivity index (χ4n) is 3.02. The number of hydrogen-bond donors (Lipinski definition) is 4. The molecule has 3 aromatic rings. The maximum absolute atomic E-state index is 12.7. The number of carbonyl (C=O) groups excluding carboxylic acids is 1. The Morgan fingerprint density at radius 2 is 1.67 bits per heavy atom. The van der Waals surface area contributed by atoms with Gasteiger partial charge in [0, 0.05) is 29.4 Å². The molecule has 0 atom stereocenters. The zero-order valence-electron chi connectivity index (χ0n) is 19.9. The topological polar surface area (TPSA) is 131 Å². The number of halogens is 3. The van der Waals surface area contributed by atoms with Gasteiger partial charge >= 0.3 is 12.2 Å². The minimum Gasteiger partial charge on any atom is -0.396 e. The molecule has 8 nitrogen and oxygen atoms in total. The minimum absolute atomic E-state index is 0.0675. The van der Waals surface area contributed by atoms with Crippen LogP contribution in [0.5, 0.6) is 0 Å². The summed E-state index contributed by atoms with van der Waals surface area (Å²) in [7, 11) is 0. The number of aromatic nitrogens is 2.